The Morgan fingerprint density at radius 3 is 2.89 bits per heavy atom. The zero-order valence-electron chi connectivity index (χ0n) is 16.1. The van der Waals surface area contributed by atoms with Crippen LogP contribution in [0.25, 0.3) is 22.2 Å². The Hall–Kier alpha value is -2.28. The van der Waals surface area contributed by atoms with Crippen LogP contribution in [0.5, 0.6) is 0 Å². The van der Waals surface area contributed by atoms with Gasteiger partial charge in [0, 0.05) is 36.0 Å². The second-order valence-electron chi connectivity index (χ2n) is 7.15. The van der Waals surface area contributed by atoms with Gasteiger partial charge in [0.2, 0.25) is 0 Å². The Labute approximate surface area is 169 Å². The summed E-state index contributed by atoms with van der Waals surface area (Å²) < 4.78 is 5.38. The molecular formula is C22H25N3O2S. The van der Waals surface area contributed by atoms with Crippen LogP contribution >= 0.6 is 11.3 Å². The number of carbonyl (C=O) groups is 1. The molecule has 0 aliphatic carbocycles. The van der Waals surface area contributed by atoms with Gasteiger partial charge in [0.25, 0.3) is 5.91 Å². The number of fused-ring (bicyclic) bond motifs is 1. The molecule has 1 saturated heterocycles. The summed E-state index contributed by atoms with van der Waals surface area (Å²) >= 11 is 1.63. The summed E-state index contributed by atoms with van der Waals surface area (Å²) in [4.78, 5) is 20.1. The SMILES string of the molecule is Cc1ccc2nc(-c3ccsc3)cc(C(=O)NCCCN3CCOCC3)c2c1. The second-order valence-corrected chi connectivity index (χ2v) is 7.93. The second kappa shape index (κ2) is 8.82. The van der Waals surface area contributed by atoms with Crippen molar-refractivity contribution in [2.24, 2.45) is 0 Å². The summed E-state index contributed by atoms with van der Waals surface area (Å²) in [5, 5.41) is 8.10. The van der Waals surface area contributed by atoms with E-state index in [-0.39, 0.29) is 5.91 Å². The largest absolute Gasteiger partial charge is 0.379 e. The molecule has 3 aromatic rings. The molecule has 0 saturated carbocycles. The Morgan fingerprint density at radius 1 is 1.25 bits per heavy atom. The molecule has 4 rings (SSSR count). The van der Waals surface area contributed by atoms with Crippen LogP contribution in [0, 0.1) is 6.92 Å². The quantitative estimate of drug-likeness (QED) is 0.646. The van der Waals surface area contributed by atoms with Crippen LogP contribution in [-0.4, -0.2) is 55.2 Å². The first kappa shape index (κ1) is 19.1. The highest BCUT2D eigenvalue weighted by molar-refractivity contribution is 7.08. The van der Waals surface area contributed by atoms with Crippen molar-refractivity contribution in [2.75, 3.05) is 39.4 Å². The molecule has 1 N–H and O–H groups in total. The number of morpholine rings is 1. The summed E-state index contributed by atoms with van der Waals surface area (Å²) in [7, 11) is 0. The number of benzene rings is 1. The van der Waals surface area contributed by atoms with Gasteiger partial charge in [-0.1, -0.05) is 11.6 Å². The summed E-state index contributed by atoms with van der Waals surface area (Å²) in [6.45, 7) is 7.26. The molecule has 3 heterocycles. The van der Waals surface area contributed by atoms with E-state index in [0.29, 0.717) is 12.1 Å². The molecule has 1 fully saturated rings. The predicted molar refractivity (Wildman–Crippen MR) is 114 cm³/mol. The molecule has 1 aromatic carbocycles. The van der Waals surface area contributed by atoms with E-state index in [1.165, 1.54) is 0 Å². The number of hydrogen-bond donors (Lipinski definition) is 1. The van der Waals surface area contributed by atoms with Gasteiger partial charge in [0.05, 0.1) is 30.0 Å². The Balaban J connectivity index is 1.50. The van der Waals surface area contributed by atoms with E-state index in [1.807, 2.05) is 42.6 Å². The zero-order valence-corrected chi connectivity index (χ0v) is 16.9. The van der Waals surface area contributed by atoms with Crippen molar-refractivity contribution >= 4 is 28.1 Å². The molecule has 0 spiro atoms. The standard InChI is InChI=1S/C22H25N3O2S/c1-16-3-4-20-18(13-16)19(14-21(24-20)17-5-12-28-15-17)22(26)23-6-2-7-25-8-10-27-11-9-25/h3-5,12-15H,2,6-11H2,1H3,(H,23,26). The number of amides is 1. The van der Waals surface area contributed by atoms with Gasteiger partial charge in [-0.15, -0.1) is 0 Å². The average molecular weight is 396 g/mol. The summed E-state index contributed by atoms with van der Waals surface area (Å²) in [6.07, 6.45) is 0.936. The van der Waals surface area contributed by atoms with Crippen LogP contribution in [0.3, 0.4) is 0 Å². The number of nitrogens with zero attached hydrogens (tertiary/aromatic N) is 2. The summed E-state index contributed by atoms with van der Waals surface area (Å²) in [5.74, 6) is -0.0311. The third kappa shape index (κ3) is 4.41. The third-order valence-corrected chi connectivity index (χ3v) is 5.75. The first-order valence-electron chi connectivity index (χ1n) is 9.73. The molecule has 5 nitrogen and oxygen atoms in total. The molecule has 146 valence electrons. The van der Waals surface area contributed by atoms with E-state index in [9.17, 15) is 4.79 Å². The number of ether oxygens (including phenoxy) is 1. The van der Waals surface area contributed by atoms with Gasteiger partial charge in [-0.05, 0) is 49.5 Å². The number of hydrogen-bond acceptors (Lipinski definition) is 5. The van der Waals surface area contributed by atoms with Crippen molar-refractivity contribution in [1.82, 2.24) is 15.2 Å². The molecule has 2 aromatic heterocycles. The lowest BCUT2D eigenvalue weighted by Crippen LogP contribution is -2.38. The molecule has 0 bridgehead atoms. The zero-order chi connectivity index (χ0) is 19.3. The van der Waals surface area contributed by atoms with E-state index >= 15 is 0 Å². The fraction of sp³-hybridized carbons (Fsp3) is 0.364. The summed E-state index contributed by atoms with van der Waals surface area (Å²) in [5.41, 5.74) is 4.57. The number of aryl methyl sites for hydroxylation is 1. The van der Waals surface area contributed by atoms with E-state index in [4.69, 9.17) is 9.72 Å². The van der Waals surface area contributed by atoms with Crippen molar-refractivity contribution in [3.05, 3.63) is 52.2 Å². The monoisotopic (exact) mass is 395 g/mol. The minimum Gasteiger partial charge on any atom is -0.379 e. The van der Waals surface area contributed by atoms with Gasteiger partial charge in [0.15, 0.2) is 0 Å². The maximum absolute atomic E-state index is 13.0. The predicted octanol–water partition coefficient (Wildman–Crippen LogP) is 3.72. The molecule has 1 aliphatic heterocycles. The van der Waals surface area contributed by atoms with E-state index in [0.717, 1.165) is 67.0 Å². The molecule has 1 aliphatic rings. The van der Waals surface area contributed by atoms with Crippen molar-refractivity contribution in [1.29, 1.82) is 0 Å². The Kier molecular flexibility index (Phi) is 6.00. The van der Waals surface area contributed by atoms with Gasteiger partial charge >= 0.3 is 0 Å². The number of pyridine rings is 1. The molecule has 0 atom stereocenters. The maximum atomic E-state index is 13.0. The van der Waals surface area contributed by atoms with E-state index in [1.54, 1.807) is 11.3 Å². The normalized spacial score (nSPS) is 15.0. The molecule has 0 unspecified atom stereocenters. The van der Waals surface area contributed by atoms with Crippen LogP contribution in [0.1, 0.15) is 22.3 Å². The number of nitrogens with one attached hydrogen (secondary N) is 1. The van der Waals surface area contributed by atoms with E-state index < -0.39 is 0 Å². The lowest BCUT2D eigenvalue weighted by Gasteiger charge is -2.26. The first-order valence-corrected chi connectivity index (χ1v) is 10.7. The van der Waals surface area contributed by atoms with Crippen LogP contribution in [-0.2, 0) is 4.74 Å². The maximum Gasteiger partial charge on any atom is 0.252 e. The van der Waals surface area contributed by atoms with Crippen molar-refractivity contribution in [3.63, 3.8) is 0 Å². The topological polar surface area (TPSA) is 54.5 Å². The number of aromatic nitrogens is 1. The minimum absolute atomic E-state index is 0.0311. The van der Waals surface area contributed by atoms with Gasteiger partial charge in [-0.25, -0.2) is 4.98 Å². The molecular weight excluding hydrogens is 370 g/mol. The van der Waals surface area contributed by atoms with Crippen LogP contribution in [0.15, 0.2) is 41.1 Å². The van der Waals surface area contributed by atoms with Crippen LogP contribution < -0.4 is 5.32 Å². The molecule has 1 amide bonds. The Morgan fingerprint density at radius 2 is 2.11 bits per heavy atom. The van der Waals surface area contributed by atoms with Gasteiger partial charge in [-0.2, -0.15) is 11.3 Å². The van der Waals surface area contributed by atoms with Crippen molar-refractivity contribution < 1.29 is 9.53 Å². The van der Waals surface area contributed by atoms with E-state index in [2.05, 4.69) is 15.6 Å². The average Bonchev–Trinajstić information content (AvgIpc) is 3.26. The highest BCUT2D eigenvalue weighted by atomic mass is 32.1. The third-order valence-electron chi connectivity index (χ3n) is 5.07. The molecule has 28 heavy (non-hydrogen) atoms. The van der Waals surface area contributed by atoms with Gasteiger partial charge < -0.3 is 10.1 Å². The number of carbonyl (C=O) groups excluding carboxylic acids is 1. The fourth-order valence-electron chi connectivity index (χ4n) is 3.51. The Bertz CT molecular complexity index is 950. The molecule has 6 heteroatoms. The smallest absolute Gasteiger partial charge is 0.252 e. The number of thiophene rings is 1. The van der Waals surface area contributed by atoms with Gasteiger partial charge in [0.1, 0.15) is 0 Å². The van der Waals surface area contributed by atoms with Gasteiger partial charge in [-0.3, -0.25) is 9.69 Å². The number of rotatable bonds is 6. The van der Waals surface area contributed by atoms with Crippen LogP contribution in [0.4, 0.5) is 0 Å². The lowest BCUT2D eigenvalue weighted by molar-refractivity contribution is 0.0374. The highest BCUT2D eigenvalue weighted by Crippen LogP contribution is 2.27. The summed E-state index contributed by atoms with van der Waals surface area (Å²) in [6, 6.07) is 10.0. The minimum atomic E-state index is -0.0311. The van der Waals surface area contributed by atoms with Crippen LogP contribution in [0.2, 0.25) is 0 Å². The molecule has 0 radical (unpaired) electrons. The first-order chi connectivity index (χ1) is 13.7. The van der Waals surface area contributed by atoms with Crippen molar-refractivity contribution in [2.45, 2.75) is 13.3 Å². The fourth-order valence-corrected chi connectivity index (χ4v) is 4.16. The van der Waals surface area contributed by atoms with Crippen molar-refractivity contribution in [3.8, 4) is 11.3 Å². The lowest BCUT2D eigenvalue weighted by atomic mass is 10.0. The highest BCUT2D eigenvalue weighted by Gasteiger charge is 2.15.